The number of aromatic nitrogens is 2. The van der Waals surface area contributed by atoms with Gasteiger partial charge in [-0.1, -0.05) is 12.1 Å². The summed E-state index contributed by atoms with van der Waals surface area (Å²) < 4.78 is 44.6. The zero-order chi connectivity index (χ0) is 21.3. The molecule has 0 unspecified atom stereocenters. The normalized spacial score (nSPS) is 12.2. The first-order valence-corrected chi connectivity index (χ1v) is 9.58. The maximum atomic E-state index is 12.9. The number of nitrogens with one attached hydrogen (secondary N) is 1. The number of halogens is 3. The Labute approximate surface area is 171 Å². The predicted octanol–water partition coefficient (Wildman–Crippen LogP) is 5.43. The van der Waals surface area contributed by atoms with E-state index in [-0.39, 0.29) is 5.89 Å². The van der Waals surface area contributed by atoms with Gasteiger partial charge >= 0.3 is 6.18 Å². The average molecular weight is 414 g/mol. The van der Waals surface area contributed by atoms with Gasteiger partial charge in [-0.3, -0.25) is 0 Å². The van der Waals surface area contributed by atoms with Crippen LogP contribution < -0.4 is 5.32 Å². The summed E-state index contributed by atoms with van der Waals surface area (Å²) in [6.45, 7) is 1.64. The number of alkyl halides is 3. The number of oxazole rings is 1. The van der Waals surface area contributed by atoms with Crippen LogP contribution in [0.1, 0.15) is 12.0 Å². The summed E-state index contributed by atoms with van der Waals surface area (Å²) in [5.41, 5.74) is 1.65. The van der Waals surface area contributed by atoms with Gasteiger partial charge in [0.25, 0.3) is 0 Å². The van der Waals surface area contributed by atoms with Crippen molar-refractivity contribution in [2.24, 2.45) is 0 Å². The van der Waals surface area contributed by atoms with E-state index < -0.39 is 11.7 Å². The number of pyridine rings is 1. The van der Waals surface area contributed by atoms with Crippen LogP contribution in [0.2, 0.25) is 0 Å². The Morgan fingerprint density at radius 2 is 1.73 bits per heavy atom. The number of hydrogen-bond acceptors (Lipinski definition) is 5. The second-order valence-corrected chi connectivity index (χ2v) is 7.33. The molecular formula is C22H21F3N4O. The lowest BCUT2D eigenvalue weighted by Crippen LogP contribution is -2.16. The van der Waals surface area contributed by atoms with Crippen molar-refractivity contribution in [1.29, 1.82) is 0 Å². The van der Waals surface area contributed by atoms with Crippen LogP contribution in [0, 0.1) is 0 Å². The predicted molar refractivity (Wildman–Crippen MR) is 111 cm³/mol. The van der Waals surface area contributed by atoms with Crippen molar-refractivity contribution in [2.45, 2.75) is 12.6 Å². The third kappa shape index (κ3) is 4.09. The molecule has 2 heterocycles. The van der Waals surface area contributed by atoms with Crippen LogP contribution in [0.4, 0.5) is 19.0 Å². The van der Waals surface area contributed by atoms with Crippen LogP contribution in [0.15, 0.2) is 52.9 Å². The van der Waals surface area contributed by atoms with Gasteiger partial charge in [0.1, 0.15) is 0 Å². The van der Waals surface area contributed by atoms with Crippen molar-refractivity contribution < 1.29 is 17.6 Å². The fraction of sp³-hybridized carbons (Fsp3) is 0.273. The minimum absolute atomic E-state index is 0.258. The molecule has 5 nitrogen and oxygen atoms in total. The molecule has 30 heavy (non-hydrogen) atoms. The molecule has 0 amide bonds. The molecule has 0 aliphatic carbocycles. The molecule has 156 valence electrons. The van der Waals surface area contributed by atoms with E-state index in [4.69, 9.17) is 4.42 Å². The van der Waals surface area contributed by atoms with E-state index in [1.807, 2.05) is 38.4 Å². The van der Waals surface area contributed by atoms with Gasteiger partial charge in [-0.15, -0.1) is 0 Å². The molecule has 4 rings (SSSR count). The maximum Gasteiger partial charge on any atom is 0.416 e. The molecule has 0 aliphatic heterocycles. The molecule has 0 fully saturated rings. The molecule has 0 spiro atoms. The number of rotatable bonds is 6. The Hall–Kier alpha value is -3.13. The van der Waals surface area contributed by atoms with Crippen LogP contribution >= 0.6 is 0 Å². The van der Waals surface area contributed by atoms with E-state index in [1.165, 1.54) is 12.1 Å². The minimum Gasteiger partial charge on any atom is -0.435 e. The van der Waals surface area contributed by atoms with Crippen molar-refractivity contribution in [3.63, 3.8) is 0 Å². The SMILES string of the molecule is CN(C)CCCNc1nc2ccccc2c2oc(-c3ccc(C(F)(F)F)cc3)nc12. The number of hydrogen-bond donors (Lipinski definition) is 1. The van der Waals surface area contributed by atoms with Crippen LogP contribution in [-0.4, -0.2) is 42.1 Å². The summed E-state index contributed by atoms with van der Waals surface area (Å²) in [5, 5.41) is 4.12. The summed E-state index contributed by atoms with van der Waals surface area (Å²) in [4.78, 5) is 11.3. The Morgan fingerprint density at radius 3 is 2.43 bits per heavy atom. The number of anilines is 1. The summed E-state index contributed by atoms with van der Waals surface area (Å²) in [5.74, 6) is 0.859. The molecule has 2 aromatic carbocycles. The molecule has 0 radical (unpaired) electrons. The molecule has 4 aromatic rings. The van der Waals surface area contributed by atoms with Gasteiger partial charge in [0, 0.05) is 17.5 Å². The monoisotopic (exact) mass is 414 g/mol. The highest BCUT2D eigenvalue weighted by Crippen LogP contribution is 2.35. The Kier molecular flexibility index (Phi) is 5.34. The molecular weight excluding hydrogens is 393 g/mol. The van der Waals surface area contributed by atoms with Crippen molar-refractivity contribution in [3.05, 3.63) is 54.1 Å². The first-order valence-electron chi connectivity index (χ1n) is 9.58. The van der Waals surface area contributed by atoms with E-state index in [0.29, 0.717) is 29.0 Å². The zero-order valence-electron chi connectivity index (χ0n) is 16.6. The van der Waals surface area contributed by atoms with Crippen molar-refractivity contribution >= 4 is 27.8 Å². The molecule has 0 aliphatic rings. The summed E-state index contributed by atoms with van der Waals surface area (Å²) in [6, 6.07) is 12.4. The van der Waals surface area contributed by atoms with Gasteiger partial charge in [-0.05, 0) is 63.5 Å². The van der Waals surface area contributed by atoms with Crippen LogP contribution in [-0.2, 0) is 6.18 Å². The molecule has 0 atom stereocenters. The summed E-state index contributed by atoms with van der Waals surface area (Å²) in [7, 11) is 4.03. The van der Waals surface area contributed by atoms with Gasteiger partial charge in [-0.2, -0.15) is 13.2 Å². The standard InChI is InChI=1S/C22H21F3N4O/c1-29(2)13-5-12-26-20-18-19(16-6-3-4-7-17(16)27-20)30-21(28-18)14-8-10-15(11-9-14)22(23,24)25/h3-4,6-11H,5,12-13H2,1-2H3,(H,26,27). The Morgan fingerprint density at radius 1 is 1.00 bits per heavy atom. The summed E-state index contributed by atoms with van der Waals surface area (Å²) in [6.07, 6.45) is -3.46. The third-order valence-electron chi connectivity index (χ3n) is 4.77. The lowest BCUT2D eigenvalue weighted by atomic mass is 10.1. The number of fused-ring (bicyclic) bond motifs is 3. The van der Waals surface area contributed by atoms with E-state index in [9.17, 15) is 13.2 Å². The lowest BCUT2D eigenvalue weighted by Gasteiger charge is -2.10. The minimum atomic E-state index is -4.39. The van der Waals surface area contributed by atoms with E-state index in [1.54, 1.807) is 0 Å². The van der Waals surface area contributed by atoms with Crippen LogP contribution in [0.3, 0.4) is 0 Å². The van der Waals surface area contributed by atoms with Crippen LogP contribution in [0.25, 0.3) is 33.5 Å². The highest BCUT2D eigenvalue weighted by atomic mass is 19.4. The van der Waals surface area contributed by atoms with E-state index in [0.717, 1.165) is 36.0 Å². The van der Waals surface area contributed by atoms with Gasteiger partial charge in [0.05, 0.1) is 11.1 Å². The fourth-order valence-corrected chi connectivity index (χ4v) is 3.25. The zero-order valence-corrected chi connectivity index (χ0v) is 16.6. The smallest absolute Gasteiger partial charge is 0.416 e. The van der Waals surface area contributed by atoms with Gasteiger partial charge in [-0.25, -0.2) is 9.97 Å². The molecule has 2 aromatic heterocycles. The van der Waals surface area contributed by atoms with Gasteiger partial charge in [0.15, 0.2) is 16.9 Å². The van der Waals surface area contributed by atoms with Crippen molar-refractivity contribution in [2.75, 3.05) is 32.5 Å². The largest absolute Gasteiger partial charge is 0.435 e. The summed E-state index contributed by atoms with van der Waals surface area (Å²) >= 11 is 0. The topological polar surface area (TPSA) is 54.2 Å². The van der Waals surface area contributed by atoms with Crippen LogP contribution in [0.5, 0.6) is 0 Å². The number of nitrogens with zero attached hydrogens (tertiary/aromatic N) is 3. The molecule has 8 heteroatoms. The number of benzene rings is 2. The highest BCUT2D eigenvalue weighted by Gasteiger charge is 2.30. The average Bonchev–Trinajstić information content (AvgIpc) is 3.16. The highest BCUT2D eigenvalue weighted by molar-refractivity contribution is 6.05. The fourth-order valence-electron chi connectivity index (χ4n) is 3.25. The third-order valence-corrected chi connectivity index (χ3v) is 4.77. The molecule has 0 saturated carbocycles. The Balaban J connectivity index is 1.74. The second kappa shape index (κ2) is 7.95. The Bertz CT molecular complexity index is 1170. The molecule has 0 bridgehead atoms. The lowest BCUT2D eigenvalue weighted by molar-refractivity contribution is -0.137. The van der Waals surface area contributed by atoms with E-state index in [2.05, 4.69) is 20.2 Å². The van der Waals surface area contributed by atoms with Crippen molar-refractivity contribution in [3.8, 4) is 11.5 Å². The molecule has 0 saturated heterocycles. The maximum absolute atomic E-state index is 12.9. The van der Waals surface area contributed by atoms with Gasteiger partial charge < -0.3 is 14.6 Å². The van der Waals surface area contributed by atoms with E-state index >= 15 is 0 Å². The number of para-hydroxylation sites is 1. The quantitative estimate of drug-likeness (QED) is 0.427. The van der Waals surface area contributed by atoms with Crippen molar-refractivity contribution in [1.82, 2.24) is 14.9 Å². The second-order valence-electron chi connectivity index (χ2n) is 7.33. The molecule has 1 N–H and O–H groups in total. The first kappa shape index (κ1) is 20.2. The van der Waals surface area contributed by atoms with Gasteiger partial charge in [0.2, 0.25) is 5.89 Å². The first-order chi connectivity index (χ1) is 14.3.